The Balaban J connectivity index is 1.72. The number of nitrogens with one attached hydrogen (secondary N) is 1. The molecule has 96 valence electrons. The van der Waals surface area contributed by atoms with E-state index in [4.69, 9.17) is 0 Å². The molecule has 0 fully saturated rings. The molecular weight excluding hydrogens is 252 g/mol. The molecule has 1 N–H and O–H groups in total. The largest absolute Gasteiger partial charge is 0.295 e. The molecule has 0 aromatic heterocycles. The van der Waals surface area contributed by atoms with E-state index in [0.717, 1.165) is 5.04 Å². The Bertz CT molecular complexity index is 566. The Hall–Kier alpha value is -1.74. The number of thioether (sulfide) groups is 1. The number of hydrazone groups is 1. The summed E-state index contributed by atoms with van der Waals surface area (Å²) in [6, 6.07) is 20.9. The summed E-state index contributed by atoms with van der Waals surface area (Å²) in [7, 11) is 0. The highest BCUT2D eigenvalue weighted by atomic mass is 32.2. The molecule has 1 aliphatic rings. The van der Waals surface area contributed by atoms with E-state index in [1.807, 2.05) is 18.2 Å². The van der Waals surface area contributed by atoms with Crippen molar-refractivity contribution >= 4 is 16.8 Å². The van der Waals surface area contributed by atoms with E-state index >= 15 is 0 Å². The number of nitrogens with zero attached hydrogens (tertiary/aromatic N) is 1. The van der Waals surface area contributed by atoms with Gasteiger partial charge in [0.25, 0.3) is 0 Å². The van der Waals surface area contributed by atoms with Gasteiger partial charge in [-0.15, -0.1) is 0 Å². The van der Waals surface area contributed by atoms with Crippen LogP contribution in [0.25, 0.3) is 0 Å². The summed E-state index contributed by atoms with van der Waals surface area (Å²) in [4.78, 5) is 0. The molecule has 1 aliphatic heterocycles. The van der Waals surface area contributed by atoms with Gasteiger partial charge >= 0.3 is 0 Å². The Kier molecular flexibility index (Phi) is 3.56. The highest BCUT2D eigenvalue weighted by Gasteiger charge is 2.26. The lowest BCUT2D eigenvalue weighted by Crippen LogP contribution is -2.22. The van der Waals surface area contributed by atoms with Crippen LogP contribution < -0.4 is 5.43 Å². The molecule has 3 rings (SSSR count). The lowest BCUT2D eigenvalue weighted by Gasteiger charge is -2.18. The maximum atomic E-state index is 4.46. The molecule has 0 saturated carbocycles. The van der Waals surface area contributed by atoms with Gasteiger partial charge < -0.3 is 0 Å². The molecular formula is C16H16N2S. The van der Waals surface area contributed by atoms with Crippen molar-refractivity contribution in [3.8, 4) is 0 Å². The summed E-state index contributed by atoms with van der Waals surface area (Å²) in [5.41, 5.74) is 5.78. The van der Waals surface area contributed by atoms with Crippen LogP contribution in [-0.4, -0.2) is 10.4 Å². The molecule has 19 heavy (non-hydrogen) atoms. The van der Waals surface area contributed by atoms with Crippen molar-refractivity contribution in [1.29, 1.82) is 0 Å². The monoisotopic (exact) mass is 268 g/mol. The van der Waals surface area contributed by atoms with Crippen molar-refractivity contribution in [3.63, 3.8) is 0 Å². The minimum absolute atomic E-state index is 0.303. The first-order valence-electron chi connectivity index (χ1n) is 6.45. The third-order valence-electron chi connectivity index (χ3n) is 3.33. The van der Waals surface area contributed by atoms with Gasteiger partial charge in [0, 0.05) is 11.5 Å². The third-order valence-corrected chi connectivity index (χ3v) is 4.65. The first-order valence-corrected chi connectivity index (χ1v) is 7.33. The first kappa shape index (κ1) is 12.3. The Morgan fingerprint density at radius 2 is 1.63 bits per heavy atom. The fourth-order valence-electron chi connectivity index (χ4n) is 2.15. The fraction of sp³-hybridized carbons (Fsp3) is 0.188. The van der Waals surface area contributed by atoms with Gasteiger partial charge in [-0.3, -0.25) is 5.43 Å². The minimum atomic E-state index is 0.303. The van der Waals surface area contributed by atoms with Crippen molar-refractivity contribution in [3.05, 3.63) is 71.8 Å². The minimum Gasteiger partial charge on any atom is -0.295 e. The van der Waals surface area contributed by atoms with Crippen LogP contribution in [0, 0.1) is 0 Å². The second-order valence-electron chi connectivity index (χ2n) is 4.65. The second-order valence-corrected chi connectivity index (χ2v) is 5.78. The number of rotatable bonds is 3. The van der Waals surface area contributed by atoms with E-state index in [1.165, 1.54) is 11.1 Å². The predicted molar refractivity (Wildman–Crippen MR) is 82.4 cm³/mol. The van der Waals surface area contributed by atoms with Crippen LogP contribution in [0.15, 0.2) is 65.8 Å². The molecule has 3 heteroatoms. The number of hydrogen-bond acceptors (Lipinski definition) is 3. The van der Waals surface area contributed by atoms with Gasteiger partial charge in [0.15, 0.2) is 0 Å². The van der Waals surface area contributed by atoms with Crippen molar-refractivity contribution in [1.82, 2.24) is 5.43 Å². The third kappa shape index (κ3) is 2.66. The van der Waals surface area contributed by atoms with Crippen LogP contribution in [0.3, 0.4) is 0 Å². The maximum absolute atomic E-state index is 4.46. The predicted octanol–water partition coefficient (Wildman–Crippen LogP) is 3.81. The van der Waals surface area contributed by atoms with Crippen LogP contribution in [-0.2, 0) is 0 Å². The van der Waals surface area contributed by atoms with Gasteiger partial charge in [-0.1, -0.05) is 79.3 Å². The molecule has 0 spiro atoms. The molecule has 2 nitrogen and oxygen atoms in total. The SMILES string of the molecule is C[C@H](c1ccccc1)[C@H]1NN=C(c2ccccc2)S1. The van der Waals surface area contributed by atoms with E-state index in [1.54, 1.807) is 11.8 Å². The first-order chi connectivity index (χ1) is 9.34. The topological polar surface area (TPSA) is 24.4 Å². The van der Waals surface area contributed by atoms with E-state index < -0.39 is 0 Å². The zero-order chi connectivity index (χ0) is 13.1. The Labute approximate surface area is 117 Å². The zero-order valence-electron chi connectivity index (χ0n) is 10.8. The van der Waals surface area contributed by atoms with Crippen molar-refractivity contribution in [2.24, 2.45) is 5.10 Å². The van der Waals surface area contributed by atoms with Crippen LogP contribution in [0.5, 0.6) is 0 Å². The lowest BCUT2D eigenvalue weighted by molar-refractivity contribution is 0.609. The quantitative estimate of drug-likeness (QED) is 0.915. The molecule has 0 unspecified atom stereocenters. The van der Waals surface area contributed by atoms with Gasteiger partial charge in [-0.2, -0.15) is 5.10 Å². The van der Waals surface area contributed by atoms with Gasteiger partial charge in [0.1, 0.15) is 10.4 Å². The highest BCUT2D eigenvalue weighted by molar-refractivity contribution is 8.15. The van der Waals surface area contributed by atoms with E-state index in [2.05, 4.69) is 59.9 Å². The summed E-state index contributed by atoms with van der Waals surface area (Å²) < 4.78 is 0. The Morgan fingerprint density at radius 1 is 1.00 bits per heavy atom. The maximum Gasteiger partial charge on any atom is 0.125 e. The van der Waals surface area contributed by atoms with Gasteiger partial charge in [-0.05, 0) is 5.56 Å². The normalized spacial score (nSPS) is 19.6. The van der Waals surface area contributed by atoms with Crippen molar-refractivity contribution < 1.29 is 0 Å². The van der Waals surface area contributed by atoms with Crippen LogP contribution in [0.2, 0.25) is 0 Å². The van der Waals surface area contributed by atoms with Crippen LogP contribution >= 0.6 is 11.8 Å². The van der Waals surface area contributed by atoms with E-state index in [-0.39, 0.29) is 0 Å². The average molecular weight is 268 g/mol. The molecule has 0 radical (unpaired) electrons. The fourth-order valence-corrected chi connectivity index (χ4v) is 3.24. The summed E-state index contributed by atoms with van der Waals surface area (Å²) in [5.74, 6) is 0.427. The van der Waals surface area contributed by atoms with E-state index in [0.29, 0.717) is 11.3 Å². The summed E-state index contributed by atoms with van der Waals surface area (Å²) in [6.45, 7) is 2.24. The van der Waals surface area contributed by atoms with Crippen molar-refractivity contribution in [2.75, 3.05) is 0 Å². The zero-order valence-corrected chi connectivity index (χ0v) is 11.6. The van der Waals surface area contributed by atoms with Gasteiger partial charge in [0.2, 0.25) is 0 Å². The second kappa shape index (κ2) is 5.49. The summed E-state index contributed by atoms with van der Waals surface area (Å²) in [5, 5.41) is 5.84. The van der Waals surface area contributed by atoms with Gasteiger partial charge in [0.05, 0.1) is 0 Å². The van der Waals surface area contributed by atoms with Crippen LogP contribution in [0.1, 0.15) is 24.0 Å². The van der Waals surface area contributed by atoms with Gasteiger partial charge in [-0.25, -0.2) is 0 Å². The number of hydrogen-bond donors (Lipinski definition) is 1. The smallest absolute Gasteiger partial charge is 0.125 e. The summed E-state index contributed by atoms with van der Waals surface area (Å²) in [6.07, 6.45) is 0. The summed E-state index contributed by atoms with van der Waals surface area (Å²) >= 11 is 1.81. The van der Waals surface area contributed by atoms with Crippen LogP contribution in [0.4, 0.5) is 0 Å². The molecule has 2 aromatic carbocycles. The Morgan fingerprint density at radius 3 is 2.32 bits per heavy atom. The standard InChI is InChI=1S/C16H16N2S/c1-12(13-8-4-2-5-9-13)15-17-18-16(19-15)14-10-6-3-7-11-14/h2-12,15,17H,1H3/t12-,15+/m1/s1. The molecule has 1 heterocycles. The lowest BCUT2D eigenvalue weighted by atomic mass is 10.0. The highest BCUT2D eigenvalue weighted by Crippen LogP contribution is 2.32. The molecule has 0 aliphatic carbocycles. The van der Waals surface area contributed by atoms with Crippen molar-refractivity contribution in [2.45, 2.75) is 18.2 Å². The molecule has 0 amide bonds. The number of benzene rings is 2. The van der Waals surface area contributed by atoms with E-state index in [9.17, 15) is 0 Å². The molecule has 0 saturated heterocycles. The molecule has 2 atom stereocenters. The average Bonchev–Trinajstić information content (AvgIpc) is 2.98. The molecule has 0 bridgehead atoms. The molecule has 2 aromatic rings.